The topological polar surface area (TPSA) is 58.4 Å². The van der Waals surface area contributed by atoms with E-state index in [-0.39, 0.29) is 16.0 Å². The standard InChI is InChI=1S/C16H27N3O2/c1-7-17-15-13(9-8-10-14(15)19(20)21)11-18(6)12(2)16(3,4)5/h8-10,12,17H,7,11H2,1-6H3. The van der Waals surface area contributed by atoms with Crippen LogP contribution in [0, 0.1) is 15.5 Å². The van der Waals surface area contributed by atoms with Gasteiger partial charge in [0.15, 0.2) is 0 Å². The Bertz CT molecular complexity index is 495. The first-order valence-corrected chi connectivity index (χ1v) is 7.38. The summed E-state index contributed by atoms with van der Waals surface area (Å²) >= 11 is 0. The number of nitro benzene ring substituents is 1. The zero-order valence-electron chi connectivity index (χ0n) is 13.9. The zero-order valence-corrected chi connectivity index (χ0v) is 13.9. The third kappa shape index (κ3) is 4.43. The highest BCUT2D eigenvalue weighted by Gasteiger charge is 2.25. The smallest absolute Gasteiger partial charge is 0.292 e. The number of rotatable bonds is 6. The van der Waals surface area contributed by atoms with E-state index in [1.54, 1.807) is 12.1 Å². The molecule has 1 rings (SSSR count). The monoisotopic (exact) mass is 293 g/mol. The van der Waals surface area contributed by atoms with Gasteiger partial charge in [0.05, 0.1) is 4.92 Å². The second-order valence-electron chi connectivity index (χ2n) is 6.56. The number of hydrogen-bond acceptors (Lipinski definition) is 4. The van der Waals surface area contributed by atoms with Gasteiger partial charge in [0.2, 0.25) is 0 Å². The summed E-state index contributed by atoms with van der Waals surface area (Å²) in [5, 5.41) is 14.3. The molecule has 1 N–H and O–H groups in total. The quantitative estimate of drug-likeness (QED) is 0.638. The van der Waals surface area contributed by atoms with E-state index in [0.717, 1.165) is 5.56 Å². The first-order valence-electron chi connectivity index (χ1n) is 7.38. The molecule has 0 aliphatic rings. The van der Waals surface area contributed by atoms with E-state index in [0.29, 0.717) is 24.8 Å². The summed E-state index contributed by atoms with van der Waals surface area (Å²) in [4.78, 5) is 13.1. The molecule has 1 atom stereocenters. The van der Waals surface area contributed by atoms with Crippen LogP contribution in [-0.2, 0) is 6.54 Å². The molecule has 21 heavy (non-hydrogen) atoms. The summed E-state index contributed by atoms with van der Waals surface area (Å²) in [6.07, 6.45) is 0. The maximum atomic E-state index is 11.2. The molecular weight excluding hydrogens is 266 g/mol. The maximum Gasteiger partial charge on any atom is 0.292 e. The number of hydrogen-bond donors (Lipinski definition) is 1. The summed E-state index contributed by atoms with van der Waals surface area (Å²) in [5.41, 5.74) is 1.90. The third-order valence-corrected chi connectivity index (χ3v) is 4.01. The average molecular weight is 293 g/mol. The number of nitrogens with zero attached hydrogens (tertiary/aromatic N) is 2. The minimum Gasteiger partial charge on any atom is -0.380 e. The normalized spacial score (nSPS) is 13.3. The van der Waals surface area contributed by atoms with Crippen LogP contribution >= 0.6 is 0 Å². The fourth-order valence-electron chi connectivity index (χ4n) is 2.32. The van der Waals surface area contributed by atoms with E-state index < -0.39 is 0 Å². The van der Waals surface area contributed by atoms with Crippen LogP contribution in [0.2, 0.25) is 0 Å². The Morgan fingerprint density at radius 3 is 2.48 bits per heavy atom. The predicted octanol–water partition coefficient (Wildman–Crippen LogP) is 3.89. The van der Waals surface area contributed by atoms with Crippen molar-refractivity contribution in [3.05, 3.63) is 33.9 Å². The van der Waals surface area contributed by atoms with Crippen LogP contribution < -0.4 is 5.32 Å². The van der Waals surface area contributed by atoms with Crippen LogP contribution in [0.5, 0.6) is 0 Å². The molecule has 0 saturated heterocycles. The lowest BCUT2D eigenvalue weighted by atomic mass is 9.87. The van der Waals surface area contributed by atoms with Gasteiger partial charge in [-0.25, -0.2) is 0 Å². The number of anilines is 1. The van der Waals surface area contributed by atoms with Crippen LogP contribution in [0.1, 0.15) is 40.2 Å². The minimum absolute atomic E-state index is 0.145. The second-order valence-corrected chi connectivity index (χ2v) is 6.56. The fourth-order valence-corrected chi connectivity index (χ4v) is 2.32. The largest absolute Gasteiger partial charge is 0.380 e. The Kier molecular flexibility index (Phi) is 5.72. The predicted molar refractivity (Wildman–Crippen MR) is 87.6 cm³/mol. The Labute approximate surface area is 127 Å². The Morgan fingerprint density at radius 2 is 2.00 bits per heavy atom. The molecule has 1 aromatic rings. The van der Waals surface area contributed by atoms with Crippen LogP contribution in [0.3, 0.4) is 0 Å². The molecule has 0 bridgehead atoms. The molecule has 0 heterocycles. The van der Waals surface area contributed by atoms with Crippen molar-refractivity contribution in [1.29, 1.82) is 0 Å². The molecule has 0 aliphatic heterocycles. The van der Waals surface area contributed by atoms with E-state index in [9.17, 15) is 10.1 Å². The Hall–Kier alpha value is -1.62. The summed E-state index contributed by atoms with van der Waals surface area (Å²) < 4.78 is 0. The van der Waals surface area contributed by atoms with Crippen molar-refractivity contribution in [3.63, 3.8) is 0 Å². The van der Waals surface area contributed by atoms with Gasteiger partial charge in [-0.1, -0.05) is 32.9 Å². The van der Waals surface area contributed by atoms with Crippen molar-refractivity contribution in [1.82, 2.24) is 4.90 Å². The number of benzene rings is 1. The first-order chi connectivity index (χ1) is 9.68. The van der Waals surface area contributed by atoms with Gasteiger partial charge in [-0.15, -0.1) is 0 Å². The van der Waals surface area contributed by atoms with Gasteiger partial charge in [0, 0.05) is 25.2 Å². The van der Waals surface area contributed by atoms with Gasteiger partial charge in [-0.05, 0) is 31.9 Å². The maximum absolute atomic E-state index is 11.2. The van der Waals surface area contributed by atoms with Gasteiger partial charge < -0.3 is 5.32 Å². The molecule has 0 aromatic heterocycles. The molecule has 1 aromatic carbocycles. The highest BCUT2D eigenvalue weighted by molar-refractivity contribution is 5.66. The van der Waals surface area contributed by atoms with Gasteiger partial charge in [0.25, 0.3) is 5.69 Å². The molecule has 0 amide bonds. The molecule has 1 unspecified atom stereocenters. The second kappa shape index (κ2) is 6.89. The lowest BCUT2D eigenvalue weighted by molar-refractivity contribution is -0.384. The number of nitro groups is 1. The van der Waals surface area contributed by atoms with Crippen LogP contribution in [-0.4, -0.2) is 29.5 Å². The molecule has 0 fully saturated rings. The van der Waals surface area contributed by atoms with Crippen LogP contribution in [0.25, 0.3) is 0 Å². The molecule has 0 saturated carbocycles. The first kappa shape index (κ1) is 17.4. The third-order valence-electron chi connectivity index (χ3n) is 4.01. The minimum atomic E-state index is -0.325. The molecule has 118 valence electrons. The highest BCUT2D eigenvalue weighted by Crippen LogP contribution is 2.31. The molecule has 0 spiro atoms. The van der Waals surface area contributed by atoms with Crippen LogP contribution in [0.4, 0.5) is 11.4 Å². The van der Waals surface area contributed by atoms with Crippen molar-refractivity contribution < 1.29 is 4.92 Å². The highest BCUT2D eigenvalue weighted by atomic mass is 16.6. The average Bonchev–Trinajstić information content (AvgIpc) is 2.38. The van der Waals surface area contributed by atoms with E-state index in [4.69, 9.17) is 0 Å². The van der Waals surface area contributed by atoms with Gasteiger partial charge >= 0.3 is 0 Å². The number of nitrogens with one attached hydrogen (secondary N) is 1. The van der Waals surface area contributed by atoms with Crippen molar-refractivity contribution in [2.75, 3.05) is 18.9 Å². The summed E-state index contributed by atoms with van der Waals surface area (Å²) in [6, 6.07) is 5.63. The number of para-hydroxylation sites is 1. The molecule has 5 nitrogen and oxygen atoms in total. The van der Waals surface area contributed by atoms with E-state index in [1.807, 2.05) is 13.0 Å². The SMILES string of the molecule is CCNc1c(CN(C)C(C)C(C)(C)C)cccc1[N+](=O)[O-]. The lowest BCUT2D eigenvalue weighted by Crippen LogP contribution is -2.38. The summed E-state index contributed by atoms with van der Waals surface area (Å²) in [5.74, 6) is 0. The summed E-state index contributed by atoms with van der Waals surface area (Å²) in [6.45, 7) is 12.1. The van der Waals surface area contributed by atoms with E-state index >= 15 is 0 Å². The molecular formula is C16H27N3O2. The van der Waals surface area contributed by atoms with Gasteiger partial charge in [-0.2, -0.15) is 0 Å². The van der Waals surface area contributed by atoms with Crippen molar-refractivity contribution in [2.45, 2.75) is 47.2 Å². The van der Waals surface area contributed by atoms with Crippen LogP contribution in [0.15, 0.2) is 18.2 Å². The van der Waals surface area contributed by atoms with E-state index in [2.05, 4.69) is 45.0 Å². The van der Waals surface area contributed by atoms with E-state index in [1.165, 1.54) is 0 Å². The zero-order chi connectivity index (χ0) is 16.2. The van der Waals surface area contributed by atoms with Gasteiger partial charge in [0.1, 0.15) is 5.69 Å². The molecule has 5 heteroatoms. The molecule has 0 aliphatic carbocycles. The van der Waals surface area contributed by atoms with Crippen molar-refractivity contribution in [2.24, 2.45) is 5.41 Å². The Balaban J connectivity index is 3.08. The van der Waals surface area contributed by atoms with Crippen molar-refractivity contribution in [3.8, 4) is 0 Å². The van der Waals surface area contributed by atoms with Crippen molar-refractivity contribution >= 4 is 11.4 Å². The Morgan fingerprint density at radius 1 is 1.38 bits per heavy atom. The lowest BCUT2D eigenvalue weighted by Gasteiger charge is -2.35. The molecule has 0 radical (unpaired) electrons. The summed E-state index contributed by atoms with van der Waals surface area (Å²) in [7, 11) is 2.06. The van der Waals surface area contributed by atoms with Gasteiger partial charge in [-0.3, -0.25) is 15.0 Å². The fraction of sp³-hybridized carbons (Fsp3) is 0.625.